The van der Waals surface area contributed by atoms with Crippen LogP contribution in [0.25, 0.3) is 0 Å². The Morgan fingerprint density at radius 3 is 1.95 bits per heavy atom. The molecule has 0 radical (unpaired) electrons. The highest BCUT2D eigenvalue weighted by molar-refractivity contribution is 5.87. The quantitative estimate of drug-likeness (QED) is 0.783. The molecule has 2 N–H and O–H groups in total. The number of amides is 2. The molecule has 5 nitrogen and oxygen atoms in total. The highest BCUT2D eigenvalue weighted by Crippen LogP contribution is 2.31. The Hall–Kier alpha value is -1.73. The summed E-state index contributed by atoms with van der Waals surface area (Å²) in [6.07, 6.45) is -3.78. The summed E-state index contributed by atoms with van der Waals surface area (Å²) in [6.45, 7) is 8.65. The molecule has 0 heterocycles. The van der Waals surface area contributed by atoms with Crippen molar-refractivity contribution < 1.29 is 27.9 Å². The van der Waals surface area contributed by atoms with Crippen molar-refractivity contribution in [1.82, 2.24) is 10.2 Å². The molecule has 1 unspecified atom stereocenters. The highest BCUT2D eigenvalue weighted by Gasteiger charge is 2.59. The summed E-state index contributed by atoms with van der Waals surface area (Å²) in [5, 5.41) is 10.3. The number of halogens is 3. The normalized spacial score (nSPS) is 15.2. The monoisotopic (exact) mass is 296 g/mol. The Labute approximate surface area is 115 Å². The second-order valence-electron chi connectivity index (χ2n) is 5.43. The maximum atomic E-state index is 12.8. The second kappa shape index (κ2) is 5.72. The van der Waals surface area contributed by atoms with Crippen molar-refractivity contribution in [2.75, 3.05) is 6.54 Å². The first-order valence-corrected chi connectivity index (χ1v) is 5.78. The molecule has 1 atom stereocenters. The van der Waals surface area contributed by atoms with Gasteiger partial charge in [0.05, 0.1) is 0 Å². The van der Waals surface area contributed by atoms with Gasteiger partial charge in [0.2, 0.25) is 5.54 Å². The zero-order valence-electron chi connectivity index (χ0n) is 11.8. The van der Waals surface area contributed by atoms with Crippen LogP contribution in [-0.2, 0) is 4.79 Å². The van der Waals surface area contributed by atoms with Crippen molar-refractivity contribution in [3.63, 3.8) is 0 Å². The molecule has 0 fully saturated rings. The number of carbonyl (C=O) groups excluding carboxylic acids is 1. The van der Waals surface area contributed by atoms with Gasteiger partial charge >= 0.3 is 18.2 Å². The summed E-state index contributed by atoms with van der Waals surface area (Å²) in [4.78, 5) is 23.9. The minimum absolute atomic E-state index is 0.0110. The molecule has 20 heavy (non-hydrogen) atoms. The first kappa shape index (κ1) is 18.3. The lowest BCUT2D eigenvalue weighted by Gasteiger charge is -2.38. The number of hydrogen-bond acceptors (Lipinski definition) is 2. The number of carbonyl (C=O) groups is 2. The van der Waals surface area contributed by atoms with Crippen LogP contribution in [0.1, 0.15) is 27.7 Å². The van der Waals surface area contributed by atoms with Crippen molar-refractivity contribution in [3.05, 3.63) is 12.7 Å². The van der Waals surface area contributed by atoms with Gasteiger partial charge in [-0.2, -0.15) is 13.2 Å². The third kappa shape index (κ3) is 3.88. The molecule has 0 rings (SSSR count). The van der Waals surface area contributed by atoms with Crippen LogP contribution in [0.2, 0.25) is 0 Å². The van der Waals surface area contributed by atoms with E-state index >= 15 is 0 Å². The largest absolute Gasteiger partial charge is 0.479 e. The first-order valence-electron chi connectivity index (χ1n) is 5.78. The van der Waals surface area contributed by atoms with Gasteiger partial charge in [0.1, 0.15) is 0 Å². The van der Waals surface area contributed by atoms with Crippen LogP contribution in [0.3, 0.4) is 0 Å². The summed E-state index contributed by atoms with van der Waals surface area (Å²) in [5.41, 5.74) is -4.14. The van der Waals surface area contributed by atoms with Gasteiger partial charge in [-0.1, -0.05) is 6.08 Å². The Morgan fingerprint density at radius 1 is 1.25 bits per heavy atom. The van der Waals surface area contributed by atoms with E-state index in [2.05, 4.69) is 6.58 Å². The smallest absolute Gasteiger partial charge is 0.422 e. The van der Waals surface area contributed by atoms with Gasteiger partial charge in [0.15, 0.2) is 0 Å². The van der Waals surface area contributed by atoms with Crippen molar-refractivity contribution in [1.29, 1.82) is 0 Å². The van der Waals surface area contributed by atoms with Gasteiger partial charge < -0.3 is 15.3 Å². The Balaban J connectivity index is 5.40. The minimum Gasteiger partial charge on any atom is -0.479 e. The van der Waals surface area contributed by atoms with Crippen LogP contribution >= 0.6 is 0 Å². The van der Waals surface area contributed by atoms with Crippen LogP contribution in [0.15, 0.2) is 12.7 Å². The summed E-state index contributed by atoms with van der Waals surface area (Å²) >= 11 is 0. The van der Waals surface area contributed by atoms with E-state index in [0.29, 0.717) is 6.92 Å². The first-order chi connectivity index (χ1) is 8.77. The van der Waals surface area contributed by atoms with Crippen LogP contribution in [0.5, 0.6) is 0 Å². The van der Waals surface area contributed by atoms with Gasteiger partial charge in [-0.25, -0.2) is 9.59 Å². The lowest BCUT2D eigenvalue weighted by molar-refractivity contribution is -0.203. The number of urea groups is 1. The fraction of sp³-hybridized carbons (Fsp3) is 0.667. The SMILES string of the molecule is C=CCN(C(=O)NC(C)(C(=O)O)C(F)(F)F)C(C)(C)C. The fourth-order valence-electron chi connectivity index (χ4n) is 1.32. The zero-order valence-corrected chi connectivity index (χ0v) is 11.8. The Bertz CT molecular complexity index is 402. The molecule has 2 amide bonds. The molecule has 0 aromatic heterocycles. The van der Waals surface area contributed by atoms with E-state index in [-0.39, 0.29) is 6.54 Å². The van der Waals surface area contributed by atoms with Gasteiger partial charge in [0, 0.05) is 12.1 Å². The Morgan fingerprint density at radius 2 is 1.70 bits per heavy atom. The topological polar surface area (TPSA) is 69.6 Å². The van der Waals surface area contributed by atoms with Gasteiger partial charge in [0.25, 0.3) is 0 Å². The van der Waals surface area contributed by atoms with E-state index < -0.39 is 29.3 Å². The number of nitrogens with zero attached hydrogens (tertiary/aromatic N) is 1. The molecule has 8 heteroatoms. The maximum absolute atomic E-state index is 12.8. The third-order valence-corrected chi connectivity index (χ3v) is 2.72. The molecule has 0 aliphatic carbocycles. The van der Waals surface area contributed by atoms with E-state index in [1.807, 2.05) is 0 Å². The van der Waals surface area contributed by atoms with E-state index in [1.165, 1.54) is 11.4 Å². The number of aliphatic carboxylic acids is 1. The average Bonchev–Trinajstić information content (AvgIpc) is 2.21. The van der Waals surface area contributed by atoms with Crippen molar-refractivity contribution in [3.8, 4) is 0 Å². The van der Waals surface area contributed by atoms with Crippen molar-refractivity contribution in [2.45, 2.75) is 44.9 Å². The molecule has 0 bridgehead atoms. The fourth-order valence-corrected chi connectivity index (χ4v) is 1.32. The summed E-state index contributed by atoms with van der Waals surface area (Å²) in [7, 11) is 0. The van der Waals surface area contributed by atoms with Gasteiger partial charge in [-0.05, 0) is 27.7 Å². The number of hydrogen-bond donors (Lipinski definition) is 2. The standard InChI is InChI=1S/C12H19F3N2O3/c1-6-7-17(10(2,3)4)9(20)16-11(5,8(18)19)12(13,14)15/h6H,1,7H2,2-5H3,(H,16,20)(H,18,19). The molecular formula is C12H19F3N2O3. The van der Waals surface area contributed by atoms with Crippen molar-refractivity contribution >= 4 is 12.0 Å². The predicted molar refractivity (Wildman–Crippen MR) is 67.3 cm³/mol. The summed E-state index contributed by atoms with van der Waals surface area (Å²) < 4.78 is 38.5. The molecule has 0 aromatic rings. The van der Waals surface area contributed by atoms with Crippen molar-refractivity contribution in [2.24, 2.45) is 0 Å². The number of carboxylic acids is 1. The Kier molecular flexibility index (Phi) is 5.23. The number of nitrogens with one attached hydrogen (secondary N) is 1. The molecule has 0 saturated heterocycles. The maximum Gasteiger partial charge on any atom is 0.422 e. The third-order valence-electron chi connectivity index (χ3n) is 2.72. The summed E-state index contributed by atoms with van der Waals surface area (Å²) in [6, 6.07) is -1.13. The molecule has 0 aliphatic heterocycles. The lowest BCUT2D eigenvalue weighted by Crippen LogP contribution is -2.65. The van der Waals surface area contributed by atoms with E-state index in [0.717, 1.165) is 4.90 Å². The lowest BCUT2D eigenvalue weighted by atomic mass is 10.0. The molecular weight excluding hydrogens is 277 g/mol. The zero-order chi connectivity index (χ0) is 16.4. The van der Waals surface area contributed by atoms with E-state index in [4.69, 9.17) is 5.11 Å². The average molecular weight is 296 g/mol. The van der Waals surface area contributed by atoms with E-state index in [9.17, 15) is 22.8 Å². The van der Waals surface area contributed by atoms with Crippen LogP contribution in [0.4, 0.5) is 18.0 Å². The number of rotatable bonds is 4. The minimum atomic E-state index is -5.12. The van der Waals surface area contributed by atoms with Crippen LogP contribution < -0.4 is 5.32 Å². The molecule has 0 saturated carbocycles. The van der Waals surface area contributed by atoms with E-state index in [1.54, 1.807) is 20.8 Å². The molecule has 0 aliphatic rings. The second-order valence-corrected chi connectivity index (χ2v) is 5.43. The summed E-state index contributed by atoms with van der Waals surface area (Å²) in [5.74, 6) is -2.18. The highest BCUT2D eigenvalue weighted by atomic mass is 19.4. The number of carboxylic acid groups (broad SMARTS) is 1. The molecule has 0 spiro atoms. The van der Waals surface area contributed by atoms with Gasteiger partial charge in [-0.3, -0.25) is 0 Å². The molecule has 116 valence electrons. The van der Waals surface area contributed by atoms with Crippen LogP contribution in [0, 0.1) is 0 Å². The predicted octanol–water partition coefficient (Wildman–Crippen LogP) is 2.39. The number of alkyl halides is 3. The molecule has 0 aromatic carbocycles. The van der Waals surface area contributed by atoms with Gasteiger partial charge in [-0.15, -0.1) is 6.58 Å². The van der Waals surface area contributed by atoms with Crippen LogP contribution in [-0.4, -0.2) is 45.8 Å².